The molecule has 0 bridgehead atoms. The molecule has 1 aliphatic rings. The lowest BCUT2D eigenvalue weighted by Crippen LogP contribution is -2.26. The van der Waals surface area contributed by atoms with Gasteiger partial charge in [0.25, 0.3) is 0 Å². The highest BCUT2D eigenvalue weighted by molar-refractivity contribution is 9.09. The summed E-state index contributed by atoms with van der Waals surface area (Å²) in [5.74, 6) is -0.0648. The topological polar surface area (TPSA) is 37.4 Å². The molecule has 0 radical (unpaired) electrons. The van der Waals surface area contributed by atoms with Crippen LogP contribution in [0.15, 0.2) is 18.2 Å². The summed E-state index contributed by atoms with van der Waals surface area (Å²) < 4.78 is 0. The maximum atomic E-state index is 11.8. The van der Waals surface area contributed by atoms with E-state index in [2.05, 4.69) is 15.9 Å². The van der Waals surface area contributed by atoms with Crippen molar-refractivity contribution in [2.75, 3.05) is 11.4 Å². The number of hydrogen-bond donors (Lipinski definition) is 0. The molecular weight excluding hydrogens is 305 g/mol. The minimum absolute atomic E-state index is 0.0247. The van der Waals surface area contributed by atoms with Crippen molar-refractivity contribution in [1.82, 2.24) is 0 Å². The Morgan fingerprint density at radius 2 is 2.24 bits per heavy atom. The lowest BCUT2D eigenvalue weighted by molar-refractivity contribution is -0.117. The largest absolute Gasteiger partial charge is 0.311 e. The van der Waals surface area contributed by atoms with Gasteiger partial charge >= 0.3 is 0 Å². The molecule has 2 rings (SSSR count). The van der Waals surface area contributed by atoms with Crippen LogP contribution in [0.1, 0.15) is 23.7 Å². The lowest BCUT2D eigenvalue weighted by Gasteiger charge is -2.19. The zero-order valence-corrected chi connectivity index (χ0v) is 11.6. The molecule has 1 atom stereocenters. The van der Waals surface area contributed by atoms with Gasteiger partial charge in [-0.2, -0.15) is 0 Å². The van der Waals surface area contributed by atoms with Crippen LogP contribution in [0.3, 0.4) is 0 Å². The van der Waals surface area contributed by atoms with Crippen LogP contribution in [0.5, 0.6) is 0 Å². The first-order valence-corrected chi connectivity index (χ1v) is 6.53. The van der Waals surface area contributed by atoms with E-state index in [1.807, 2.05) is 0 Å². The highest BCUT2D eigenvalue weighted by Crippen LogP contribution is 2.30. The Kier molecular flexibility index (Phi) is 3.54. The Hall–Kier alpha value is -0.870. The summed E-state index contributed by atoms with van der Waals surface area (Å²) in [5, 5.41) is 0.501. The molecule has 1 aromatic carbocycles. The second-order valence-corrected chi connectivity index (χ2v) is 5.75. The molecule has 3 nitrogen and oxygen atoms in total. The number of ketones is 1. The monoisotopic (exact) mass is 315 g/mol. The Morgan fingerprint density at radius 1 is 1.53 bits per heavy atom. The highest BCUT2D eigenvalue weighted by Gasteiger charge is 2.30. The van der Waals surface area contributed by atoms with Crippen molar-refractivity contribution in [3.8, 4) is 0 Å². The average Bonchev–Trinajstić information content (AvgIpc) is 2.57. The zero-order chi connectivity index (χ0) is 12.6. The van der Waals surface area contributed by atoms with E-state index in [1.165, 1.54) is 6.92 Å². The van der Waals surface area contributed by atoms with E-state index in [9.17, 15) is 9.59 Å². The molecule has 1 unspecified atom stereocenters. The van der Waals surface area contributed by atoms with E-state index in [0.717, 1.165) is 0 Å². The van der Waals surface area contributed by atoms with Crippen LogP contribution in [0.2, 0.25) is 5.02 Å². The summed E-state index contributed by atoms with van der Waals surface area (Å²) in [7, 11) is 0. The van der Waals surface area contributed by atoms with Gasteiger partial charge in [0.15, 0.2) is 5.78 Å². The number of hydrogen-bond acceptors (Lipinski definition) is 2. The van der Waals surface area contributed by atoms with Gasteiger partial charge in [0.1, 0.15) is 0 Å². The fourth-order valence-corrected chi connectivity index (χ4v) is 2.66. The Labute approximate surface area is 113 Å². The summed E-state index contributed by atoms with van der Waals surface area (Å²) >= 11 is 9.29. The second kappa shape index (κ2) is 4.78. The van der Waals surface area contributed by atoms with Crippen molar-refractivity contribution >= 4 is 44.9 Å². The van der Waals surface area contributed by atoms with Crippen LogP contribution in [0.4, 0.5) is 5.69 Å². The number of carbonyl (C=O) groups is 2. The number of benzene rings is 1. The van der Waals surface area contributed by atoms with Gasteiger partial charge in [-0.1, -0.05) is 27.5 Å². The first kappa shape index (κ1) is 12.6. The van der Waals surface area contributed by atoms with E-state index in [0.29, 0.717) is 29.2 Å². The van der Waals surface area contributed by atoms with Crippen LogP contribution in [-0.2, 0) is 4.79 Å². The molecule has 0 spiro atoms. The van der Waals surface area contributed by atoms with Gasteiger partial charge in [0.2, 0.25) is 5.91 Å². The van der Waals surface area contributed by atoms with E-state index >= 15 is 0 Å². The van der Waals surface area contributed by atoms with Crippen LogP contribution in [0.25, 0.3) is 0 Å². The fraction of sp³-hybridized carbons (Fsp3) is 0.333. The maximum Gasteiger partial charge on any atom is 0.228 e. The predicted molar refractivity (Wildman–Crippen MR) is 71.1 cm³/mol. The van der Waals surface area contributed by atoms with Gasteiger partial charge in [0, 0.05) is 28.4 Å². The normalized spacial score (nSPS) is 19.8. The van der Waals surface area contributed by atoms with E-state index in [1.54, 1.807) is 23.1 Å². The average molecular weight is 317 g/mol. The molecule has 0 saturated carbocycles. The molecule has 90 valence electrons. The summed E-state index contributed by atoms with van der Waals surface area (Å²) in [6, 6.07) is 5.02. The van der Waals surface area contributed by atoms with Gasteiger partial charge in [-0.3, -0.25) is 9.59 Å². The van der Waals surface area contributed by atoms with Crippen molar-refractivity contribution in [1.29, 1.82) is 0 Å². The van der Waals surface area contributed by atoms with E-state index < -0.39 is 0 Å². The summed E-state index contributed by atoms with van der Waals surface area (Å²) in [6.45, 7) is 2.06. The van der Waals surface area contributed by atoms with E-state index in [4.69, 9.17) is 11.6 Å². The number of Topliss-reactive ketones (excluding diaryl/α,β-unsaturated/α-hetero) is 1. The number of alkyl halides is 1. The van der Waals surface area contributed by atoms with Crippen LogP contribution in [0, 0.1) is 0 Å². The summed E-state index contributed by atoms with van der Waals surface area (Å²) in [6.07, 6.45) is 0.458. The quantitative estimate of drug-likeness (QED) is 0.621. The fourth-order valence-electron chi connectivity index (χ4n) is 1.92. The third-order valence-corrected chi connectivity index (χ3v) is 3.55. The van der Waals surface area contributed by atoms with Gasteiger partial charge < -0.3 is 4.90 Å². The molecular formula is C12H11BrClNO2. The molecule has 0 aliphatic carbocycles. The maximum absolute atomic E-state index is 11.8. The standard InChI is InChI=1S/C12H11BrClNO2/c1-7(16)10-5-9(14)2-3-11(10)15-6-8(13)4-12(15)17/h2-3,5,8H,4,6H2,1H3. The molecule has 5 heteroatoms. The SMILES string of the molecule is CC(=O)c1cc(Cl)ccc1N1CC(Br)CC1=O. The molecule has 1 aromatic rings. The third kappa shape index (κ3) is 2.53. The molecule has 1 fully saturated rings. The van der Waals surface area contributed by atoms with Crippen LogP contribution >= 0.6 is 27.5 Å². The minimum Gasteiger partial charge on any atom is -0.311 e. The van der Waals surface area contributed by atoms with Crippen LogP contribution in [-0.4, -0.2) is 23.1 Å². The number of nitrogens with zero attached hydrogens (tertiary/aromatic N) is 1. The molecule has 1 saturated heterocycles. The van der Waals surface area contributed by atoms with Crippen molar-refractivity contribution < 1.29 is 9.59 Å². The first-order chi connectivity index (χ1) is 7.99. The first-order valence-electron chi connectivity index (χ1n) is 5.24. The van der Waals surface area contributed by atoms with Crippen LogP contribution < -0.4 is 4.90 Å². The molecule has 1 amide bonds. The number of rotatable bonds is 2. The van der Waals surface area contributed by atoms with Crippen molar-refractivity contribution in [3.05, 3.63) is 28.8 Å². The third-order valence-electron chi connectivity index (χ3n) is 2.71. The van der Waals surface area contributed by atoms with Crippen molar-refractivity contribution in [2.45, 2.75) is 18.2 Å². The molecule has 1 heterocycles. The predicted octanol–water partition coefficient (Wildman–Crippen LogP) is 3.04. The summed E-state index contributed by atoms with van der Waals surface area (Å²) in [4.78, 5) is 25.1. The van der Waals surface area contributed by atoms with Crippen molar-refractivity contribution in [3.63, 3.8) is 0 Å². The second-order valence-electron chi connectivity index (χ2n) is 4.02. The molecule has 17 heavy (non-hydrogen) atoms. The Morgan fingerprint density at radius 3 is 2.76 bits per heavy atom. The van der Waals surface area contributed by atoms with E-state index in [-0.39, 0.29) is 16.5 Å². The lowest BCUT2D eigenvalue weighted by atomic mass is 10.1. The number of carbonyl (C=O) groups excluding carboxylic acids is 2. The minimum atomic E-state index is -0.0895. The molecule has 0 aromatic heterocycles. The molecule has 0 N–H and O–H groups in total. The van der Waals surface area contributed by atoms with Gasteiger partial charge in [-0.05, 0) is 25.1 Å². The van der Waals surface area contributed by atoms with Gasteiger partial charge in [0.05, 0.1) is 5.69 Å². The summed E-state index contributed by atoms with van der Waals surface area (Å²) in [5.41, 5.74) is 1.14. The Balaban J connectivity index is 2.45. The number of amides is 1. The smallest absolute Gasteiger partial charge is 0.228 e. The Bertz CT molecular complexity index is 489. The van der Waals surface area contributed by atoms with Gasteiger partial charge in [-0.15, -0.1) is 0 Å². The van der Waals surface area contributed by atoms with Crippen molar-refractivity contribution in [2.24, 2.45) is 0 Å². The number of halogens is 2. The van der Waals surface area contributed by atoms with Gasteiger partial charge in [-0.25, -0.2) is 0 Å². The number of anilines is 1. The highest BCUT2D eigenvalue weighted by atomic mass is 79.9. The zero-order valence-electron chi connectivity index (χ0n) is 9.24. The molecule has 1 aliphatic heterocycles.